The zero-order valence-electron chi connectivity index (χ0n) is 12.2. The van der Waals surface area contributed by atoms with Gasteiger partial charge >= 0.3 is 0 Å². The Bertz CT molecular complexity index is 609. The number of fused-ring (bicyclic) bond motifs is 1. The Morgan fingerprint density at radius 2 is 2.00 bits per heavy atom. The van der Waals surface area contributed by atoms with Gasteiger partial charge in [0.1, 0.15) is 5.75 Å². The Labute approximate surface area is 131 Å². The van der Waals surface area contributed by atoms with E-state index in [4.69, 9.17) is 16.3 Å². The molecule has 3 heteroatoms. The van der Waals surface area contributed by atoms with Gasteiger partial charge in [0.25, 0.3) is 0 Å². The smallest absolute Gasteiger partial charge is 0.122 e. The van der Waals surface area contributed by atoms with E-state index in [1.807, 2.05) is 12.1 Å². The first-order valence-corrected chi connectivity index (χ1v) is 7.87. The Morgan fingerprint density at radius 3 is 2.76 bits per heavy atom. The van der Waals surface area contributed by atoms with Gasteiger partial charge in [0.15, 0.2) is 0 Å². The number of halogens is 1. The minimum atomic E-state index is 0.367. The topological polar surface area (TPSA) is 21.3 Å². The van der Waals surface area contributed by atoms with Gasteiger partial charge in [-0.15, -0.1) is 0 Å². The van der Waals surface area contributed by atoms with Crippen molar-refractivity contribution >= 4 is 11.6 Å². The molecule has 0 spiro atoms. The lowest BCUT2D eigenvalue weighted by molar-refractivity contribution is 0.356. The summed E-state index contributed by atoms with van der Waals surface area (Å²) in [4.78, 5) is 0. The third kappa shape index (κ3) is 3.39. The fraction of sp³-hybridized carbons (Fsp3) is 0.333. The molecule has 1 aliphatic heterocycles. The largest absolute Gasteiger partial charge is 0.493 e. The molecule has 21 heavy (non-hydrogen) atoms. The second kappa shape index (κ2) is 6.50. The van der Waals surface area contributed by atoms with Crippen LogP contribution in [0.5, 0.6) is 5.75 Å². The molecule has 0 saturated heterocycles. The standard InChI is InChI=1S/C18H20ClNO/c1-2-17(20-12-13-3-6-16(19)7-4-13)14-5-8-18-15(11-14)9-10-21-18/h3-8,11,17,20H,2,9-10,12H2,1H3. The maximum absolute atomic E-state index is 5.92. The molecular formula is C18H20ClNO. The molecule has 0 aliphatic carbocycles. The summed E-state index contributed by atoms with van der Waals surface area (Å²) in [7, 11) is 0. The fourth-order valence-electron chi connectivity index (χ4n) is 2.76. The molecule has 0 radical (unpaired) electrons. The van der Waals surface area contributed by atoms with Crippen molar-refractivity contribution in [2.45, 2.75) is 32.4 Å². The summed E-state index contributed by atoms with van der Waals surface area (Å²) in [5.74, 6) is 1.05. The average molecular weight is 302 g/mol. The van der Waals surface area contributed by atoms with Gasteiger partial charge in [-0.3, -0.25) is 0 Å². The van der Waals surface area contributed by atoms with Crippen molar-refractivity contribution in [3.63, 3.8) is 0 Å². The molecule has 1 unspecified atom stereocenters. The van der Waals surface area contributed by atoms with Gasteiger partial charge in [-0.2, -0.15) is 0 Å². The maximum Gasteiger partial charge on any atom is 0.122 e. The third-order valence-electron chi connectivity index (χ3n) is 3.99. The van der Waals surface area contributed by atoms with E-state index in [1.165, 1.54) is 16.7 Å². The summed E-state index contributed by atoms with van der Waals surface area (Å²) < 4.78 is 5.57. The molecule has 0 amide bonds. The molecule has 2 aromatic rings. The monoisotopic (exact) mass is 301 g/mol. The summed E-state index contributed by atoms with van der Waals surface area (Å²) >= 11 is 5.92. The van der Waals surface area contributed by atoms with Crippen LogP contribution in [0.1, 0.15) is 36.1 Å². The minimum Gasteiger partial charge on any atom is -0.493 e. The van der Waals surface area contributed by atoms with Crippen molar-refractivity contribution in [2.75, 3.05) is 6.61 Å². The molecule has 1 N–H and O–H groups in total. The SMILES string of the molecule is CCC(NCc1ccc(Cl)cc1)c1ccc2c(c1)CCO2. The molecule has 2 nitrogen and oxygen atoms in total. The Morgan fingerprint density at radius 1 is 1.19 bits per heavy atom. The first-order valence-electron chi connectivity index (χ1n) is 7.49. The highest BCUT2D eigenvalue weighted by atomic mass is 35.5. The van der Waals surface area contributed by atoms with Gasteiger partial charge in [0.2, 0.25) is 0 Å². The molecular weight excluding hydrogens is 282 g/mol. The normalized spacial score (nSPS) is 14.6. The van der Waals surface area contributed by atoms with Crippen molar-refractivity contribution in [3.05, 3.63) is 64.2 Å². The maximum atomic E-state index is 5.92. The predicted octanol–water partition coefficient (Wildman–Crippen LogP) is 4.52. The van der Waals surface area contributed by atoms with E-state index in [-0.39, 0.29) is 0 Å². The number of benzene rings is 2. The van der Waals surface area contributed by atoms with E-state index in [0.29, 0.717) is 6.04 Å². The Hall–Kier alpha value is -1.51. The zero-order valence-corrected chi connectivity index (χ0v) is 13.0. The third-order valence-corrected chi connectivity index (χ3v) is 4.24. The van der Waals surface area contributed by atoms with Crippen LogP contribution < -0.4 is 10.1 Å². The highest BCUT2D eigenvalue weighted by Crippen LogP contribution is 2.29. The van der Waals surface area contributed by atoms with Crippen LogP contribution in [0.25, 0.3) is 0 Å². The average Bonchev–Trinajstić information content (AvgIpc) is 2.97. The molecule has 3 rings (SSSR count). The number of hydrogen-bond donors (Lipinski definition) is 1. The molecule has 0 aromatic heterocycles. The van der Waals surface area contributed by atoms with Crippen LogP contribution in [0.4, 0.5) is 0 Å². The van der Waals surface area contributed by atoms with E-state index >= 15 is 0 Å². The van der Waals surface area contributed by atoms with Crippen LogP contribution >= 0.6 is 11.6 Å². The number of rotatable bonds is 5. The number of hydrogen-bond acceptors (Lipinski definition) is 2. The van der Waals surface area contributed by atoms with Crippen molar-refractivity contribution in [1.29, 1.82) is 0 Å². The lowest BCUT2D eigenvalue weighted by Gasteiger charge is -2.18. The van der Waals surface area contributed by atoms with Gasteiger partial charge in [0.05, 0.1) is 6.61 Å². The predicted molar refractivity (Wildman–Crippen MR) is 87.0 cm³/mol. The second-order valence-electron chi connectivity index (χ2n) is 5.43. The minimum absolute atomic E-state index is 0.367. The van der Waals surface area contributed by atoms with Gasteiger partial charge in [-0.25, -0.2) is 0 Å². The molecule has 1 aliphatic rings. The van der Waals surface area contributed by atoms with Crippen LogP contribution in [0.15, 0.2) is 42.5 Å². The van der Waals surface area contributed by atoms with E-state index in [9.17, 15) is 0 Å². The lowest BCUT2D eigenvalue weighted by Crippen LogP contribution is -2.20. The van der Waals surface area contributed by atoms with Crippen LogP contribution in [0, 0.1) is 0 Å². The molecule has 0 fully saturated rings. The highest BCUT2D eigenvalue weighted by molar-refractivity contribution is 6.30. The molecule has 1 atom stereocenters. The second-order valence-corrected chi connectivity index (χ2v) is 5.87. The number of nitrogens with one attached hydrogen (secondary N) is 1. The van der Waals surface area contributed by atoms with Crippen LogP contribution in [-0.2, 0) is 13.0 Å². The van der Waals surface area contributed by atoms with E-state index in [1.54, 1.807) is 0 Å². The molecule has 110 valence electrons. The van der Waals surface area contributed by atoms with Crippen LogP contribution in [0.2, 0.25) is 5.02 Å². The van der Waals surface area contributed by atoms with E-state index < -0.39 is 0 Å². The molecule has 2 aromatic carbocycles. The van der Waals surface area contributed by atoms with Crippen molar-refractivity contribution in [1.82, 2.24) is 5.32 Å². The Kier molecular flexibility index (Phi) is 4.47. The fourth-order valence-corrected chi connectivity index (χ4v) is 2.89. The van der Waals surface area contributed by atoms with E-state index in [0.717, 1.165) is 36.8 Å². The van der Waals surface area contributed by atoms with Gasteiger partial charge in [-0.05, 0) is 41.3 Å². The summed E-state index contributed by atoms with van der Waals surface area (Å²) in [5.41, 5.74) is 3.93. The first-order chi connectivity index (χ1) is 10.3. The van der Waals surface area contributed by atoms with Gasteiger partial charge in [-0.1, -0.05) is 42.8 Å². The van der Waals surface area contributed by atoms with Gasteiger partial charge < -0.3 is 10.1 Å². The van der Waals surface area contributed by atoms with Gasteiger partial charge in [0, 0.05) is 24.0 Å². The summed E-state index contributed by atoms with van der Waals surface area (Å²) in [6.07, 6.45) is 2.09. The Balaban J connectivity index is 1.68. The van der Waals surface area contributed by atoms with Crippen molar-refractivity contribution in [2.24, 2.45) is 0 Å². The van der Waals surface area contributed by atoms with E-state index in [2.05, 4.69) is 42.6 Å². The summed E-state index contributed by atoms with van der Waals surface area (Å²) in [5, 5.41) is 4.41. The lowest BCUT2D eigenvalue weighted by atomic mass is 10.0. The summed E-state index contributed by atoms with van der Waals surface area (Å²) in [6, 6.07) is 14.9. The number of ether oxygens (including phenoxy) is 1. The van der Waals surface area contributed by atoms with Crippen molar-refractivity contribution in [3.8, 4) is 5.75 Å². The molecule has 0 bridgehead atoms. The van der Waals surface area contributed by atoms with Crippen LogP contribution in [0.3, 0.4) is 0 Å². The molecule has 1 heterocycles. The molecule has 0 saturated carbocycles. The van der Waals surface area contributed by atoms with Crippen LogP contribution in [-0.4, -0.2) is 6.61 Å². The zero-order chi connectivity index (χ0) is 14.7. The highest BCUT2D eigenvalue weighted by Gasteiger charge is 2.15. The van der Waals surface area contributed by atoms with Crippen molar-refractivity contribution < 1.29 is 4.74 Å². The summed E-state index contributed by atoms with van der Waals surface area (Å²) in [6.45, 7) is 3.88. The quantitative estimate of drug-likeness (QED) is 0.877. The first kappa shape index (κ1) is 14.4.